The molecule has 0 atom stereocenters. The van der Waals surface area contributed by atoms with Gasteiger partial charge in [-0.2, -0.15) is 0 Å². The molecule has 0 amide bonds. The third kappa shape index (κ3) is 6.37. The van der Waals surface area contributed by atoms with Crippen molar-refractivity contribution < 1.29 is 13.9 Å². The maximum atomic E-state index is 10.8. The van der Waals surface area contributed by atoms with E-state index in [1.807, 2.05) is 13.1 Å². The number of aryl methyl sites for hydroxylation is 2. The van der Waals surface area contributed by atoms with Crippen LogP contribution in [-0.2, 0) is 27.2 Å². The molecule has 2 aromatic heterocycles. The Morgan fingerprint density at radius 2 is 1.50 bits per heavy atom. The molecular weight excluding hydrogens is 382 g/mol. The maximum absolute atomic E-state index is 10.8. The molecule has 9 heteroatoms. The van der Waals surface area contributed by atoms with E-state index in [2.05, 4.69) is 77.5 Å². The summed E-state index contributed by atoms with van der Waals surface area (Å²) in [6.45, 7) is 12.4. The summed E-state index contributed by atoms with van der Waals surface area (Å²) >= 11 is 0. The molecule has 0 aliphatic rings. The van der Waals surface area contributed by atoms with Crippen LogP contribution in [0.2, 0.25) is 0 Å². The largest absolute Gasteiger partial charge is 0.390 e. The number of rotatable bonds is 7. The summed E-state index contributed by atoms with van der Waals surface area (Å²) in [5.41, 5.74) is 1.98. The van der Waals surface area contributed by atoms with Crippen LogP contribution in [0.3, 0.4) is 0 Å². The number of nitro groups is 1. The molecule has 0 N–H and O–H groups in total. The summed E-state index contributed by atoms with van der Waals surface area (Å²) in [5.74, 6) is 1.05. The number of aromatic nitrogens is 4. The van der Waals surface area contributed by atoms with Gasteiger partial charge in [0.1, 0.15) is 18.9 Å². The Morgan fingerprint density at radius 3 is 1.90 bits per heavy atom. The second-order valence-corrected chi connectivity index (χ2v) is 9.80. The van der Waals surface area contributed by atoms with Crippen molar-refractivity contribution in [2.45, 2.75) is 59.8 Å². The minimum atomic E-state index is -0.421. The molecule has 0 saturated heterocycles. The Morgan fingerprint density at radius 1 is 1.00 bits per heavy atom. The molecule has 0 fully saturated rings. The Balaban J connectivity index is 0.000000303. The van der Waals surface area contributed by atoms with Crippen LogP contribution in [0.5, 0.6) is 0 Å². The number of nitrogens with zero attached hydrogens (tertiary/aromatic N) is 7. The summed E-state index contributed by atoms with van der Waals surface area (Å²) in [7, 11) is 12.5. The molecule has 0 radical (unpaired) electrons. The van der Waals surface area contributed by atoms with Gasteiger partial charge in [0.05, 0.1) is 52.2 Å². The van der Waals surface area contributed by atoms with Gasteiger partial charge in [0.15, 0.2) is 5.69 Å². The van der Waals surface area contributed by atoms with Gasteiger partial charge in [0.2, 0.25) is 6.33 Å². The van der Waals surface area contributed by atoms with Crippen molar-refractivity contribution >= 4 is 5.82 Å². The predicted molar refractivity (Wildman–Crippen MR) is 120 cm³/mol. The first kappa shape index (κ1) is 25.8. The van der Waals surface area contributed by atoms with E-state index in [0.717, 1.165) is 16.9 Å². The van der Waals surface area contributed by atoms with Crippen molar-refractivity contribution in [1.29, 1.82) is 0 Å². The summed E-state index contributed by atoms with van der Waals surface area (Å²) in [6.07, 6.45) is 3.48. The van der Waals surface area contributed by atoms with E-state index >= 15 is 0 Å². The zero-order chi connectivity index (χ0) is 23.4. The molecule has 9 nitrogen and oxygen atoms in total. The fraction of sp³-hybridized carbons (Fsp3) is 0.714. The van der Waals surface area contributed by atoms with Gasteiger partial charge < -0.3 is 28.2 Å². The van der Waals surface area contributed by atoms with Crippen molar-refractivity contribution in [3.8, 4) is 0 Å². The highest BCUT2D eigenvalue weighted by molar-refractivity contribution is 5.26. The third-order valence-corrected chi connectivity index (χ3v) is 6.45. The minimum Gasteiger partial charge on any atom is -0.358 e. The summed E-state index contributed by atoms with van der Waals surface area (Å²) in [4.78, 5) is 18.5. The van der Waals surface area contributed by atoms with Crippen LogP contribution in [0.15, 0.2) is 12.5 Å². The molecule has 2 rings (SSSR count). The topological polar surface area (TPSA) is 78.8 Å². The van der Waals surface area contributed by atoms with E-state index < -0.39 is 4.92 Å². The highest BCUT2D eigenvalue weighted by atomic mass is 16.6. The molecule has 0 bridgehead atoms. The van der Waals surface area contributed by atoms with E-state index in [0.29, 0.717) is 28.8 Å². The SMILES string of the molecule is CC(C)[N+](C)(C)Cc1c([N+](=O)[O-])ncn1C.Cc1ncc(C[N+](C)(C)C(C)C)n1C. The third-order valence-electron chi connectivity index (χ3n) is 6.45. The van der Waals surface area contributed by atoms with Crippen LogP contribution in [0.25, 0.3) is 0 Å². The zero-order valence-corrected chi connectivity index (χ0v) is 20.7. The molecule has 0 spiro atoms. The highest BCUT2D eigenvalue weighted by Gasteiger charge is 2.29. The summed E-state index contributed by atoms with van der Waals surface area (Å²) in [5, 5.41) is 10.8. The molecule has 0 unspecified atom stereocenters. The van der Waals surface area contributed by atoms with Crippen molar-refractivity contribution in [1.82, 2.24) is 19.1 Å². The maximum Gasteiger partial charge on any atom is 0.390 e. The predicted octanol–water partition coefficient (Wildman–Crippen LogP) is 3.03. The minimum absolute atomic E-state index is 0.0330. The Bertz CT molecular complexity index is 848. The van der Waals surface area contributed by atoms with Gasteiger partial charge in [-0.15, -0.1) is 0 Å². The smallest absolute Gasteiger partial charge is 0.358 e. The van der Waals surface area contributed by atoms with Gasteiger partial charge in [-0.05, 0) is 44.5 Å². The van der Waals surface area contributed by atoms with E-state index in [9.17, 15) is 10.1 Å². The molecule has 0 saturated carbocycles. The van der Waals surface area contributed by atoms with E-state index in [-0.39, 0.29) is 5.82 Å². The lowest BCUT2D eigenvalue weighted by atomic mass is 10.2. The second kappa shape index (κ2) is 9.70. The monoisotopic (exact) mass is 423 g/mol. The Labute approximate surface area is 181 Å². The van der Waals surface area contributed by atoms with Crippen LogP contribution >= 0.6 is 0 Å². The van der Waals surface area contributed by atoms with Crippen molar-refractivity contribution in [3.05, 3.63) is 39.9 Å². The van der Waals surface area contributed by atoms with E-state index in [4.69, 9.17) is 0 Å². The number of imidazole rings is 2. The lowest BCUT2D eigenvalue weighted by molar-refractivity contribution is -0.924. The zero-order valence-electron chi connectivity index (χ0n) is 20.7. The normalized spacial score (nSPS) is 12.3. The molecule has 30 heavy (non-hydrogen) atoms. The summed E-state index contributed by atoms with van der Waals surface area (Å²) in [6, 6.07) is 1.03. The molecular formula is C21H41N7O2+2. The molecule has 170 valence electrons. The highest BCUT2D eigenvalue weighted by Crippen LogP contribution is 2.21. The average Bonchev–Trinajstić information content (AvgIpc) is 3.12. The van der Waals surface area contributed by atoms with Crippen LogP contribution in [0, 0.1) is 17.0 Å². The number of hydrogen-bond acceptors (Lipinski definition) is 4. The number of hydrogen-bond donors (Lipinski definition) is 0. The van der Waals surface area contributed by atoms with Crippen LogP contribution < -0.4 is 0 Å². The van der Waals surface area contributed by atoms with E-state index in [1.54, 1.807) is 11.6 Å². The van der Waals surface area contributed by atoms with Crippen LogP contribution in [-0.4, -0.2) is 73.3 Å². The first-order valence-electron chi connectivity index (χ1n) is 10.4. The van der Waals surface area contributed by atoms with Crippen molar-refractivity contribution in [2.75, 3.05) is 28.2 Å². The quantitative estimate of drug-likeness (QED) is 0.390. The van der Waals surface area contributed by atoms with Crippen LogP contribution in [0.4, 0.5) is 5.82 Å². The van der Waals surface area contributed by atoms with Gasteiger partial charge in [-0.3, -0.25) is 0 Å². The molecule has 2 heterocycles. The average molecular weight is 424 g/mol. The molecule has 0 aliphatic carbocycles. The fourth-order valence-electron chi connectivity index (χ4n) is 2.64. The summed E-state index contributed by atoms with van der Waals surface area (Å²) < 4.78 is 5.59. The first-order valence-corrected chi connectivity index (χ1v) is 10.4. The lowest BCUT2D eigenvalue weighted by Crippen LogP contribution is -2.45. The molecule has 0 aliphatic heterocycles. The number of quaternary nitrogens is 2. The van der Waals surface area contributed by atoms with Gasteiger partial charge in [-0.1, -0.05) is 0 Å². The van der Waals surface area contributed by atoms with Gasteiger partial charge in [0.25, 0.3) is 0 Å². The lowest BCUT2D eigenvalue weighted by Gasteiger charge is -2.34. The van der Waals surface area contributed by atoms with Gasteiger partial charge >= 0.3 is 5.82 Å². The second-order valence-electron chi connectivity index (χ2n) is 9.80. The standard InChI is InChI=1S/C11H22N3.C10H19N4O2/c1-9(2)14(5,6)8-11-7-12-10(3)13(11)4;1-8(2)14(4,5)6-9-10(13(15)16)11-7-12(9)3/h7,9H,8H2,1-6H3;7-8H,6H2,1-5H3/q2*+1. The Kier molecular flexibility index (Phi) is 8.33. The van der Waals surface area contributed by atoms with Crippen molar-refractivity contribution in [3.63, 3.8) is 0 Å². The van der Waals surface area contributed by atoms with Gasteiger partial charge in [-0.25, -0.2) is 4.98 Å². The molecule has 2 aromatic rings. The van der Waals surface area contributed by atoms with Crippen LogP contribution in [0.1, 0.15) is 44.9 Å². The Hall–Kier alpha value is -2.26. The van der Waals surface area contributed by atoms with Gasteiger partial charge in [0, 0.05) is 14.1 Å². The fourth-order valence-corrected chi connectivity index (χ4v) is 2.64. The molecule has 0 aromatic carbocycles. The van der Waals surface area contributed by atoms with Crippen molar-refractivity contribution in [2.24, 2.45) is 14.1 Å². The first-order chi connectivity index (χ1) is 13.6. The van der Waals surface area contributed by atoms with E-state index in [1.165, 1.54) is 12.0 Å².